The molecule has 1 fully saturated rings. The highest BCUT2D eigenvalue weighted by molar-refractivity contribution is 5.77. The summed E-state index contributed by atoms with van der Waals surface area (Å²) in [4.78, 5) is 19.9. The second kappa shape index (κ2) is 8.26. The van der Waals surface area contributed by atoms with Crippen LogP contribution in [0.3, 0.4) is 0 Å². The minimum absolute atomic E-state index is 0.00255. The summed E-state index contributed by atoms with van der Waals surface area (Å²) in [6.45, 7) is 4.18. The highest BCUT2D eigenvalue weighted by Crippen LogP contribution is 2.33. The number of aryl methyl sites for hydroxylation is 1. The lowest BCUT2D eigenvalue weighted by atomic mass is 10.2. The van der Waals surface area contributed by atoms with Gasteiger partial charge in [0, 0.05) is 32.0 Å². The molecule has 2 aromatic heterocycles. The summed E-state index contributed by atoms with van der Waals surface area (Å²) in [5.74, 6) is 0.983. The molecule has 1 aliphatic heterocycles. The molecule has 5 rings (SSSR count). The van der Waals surface area contributed by atoms with Gasteiger partial charge in [0.2, 0.25) is 0 Å². The molecule has 0 aliphatic carbocycles. The first-order valence-corrected chi connectivity index (χ1v) is 10.8. The van der Waals surface area contributed by atoms with E-state index in [1.807, 2.05) is 64.3 Å². The summed E-state index contributed by atoms with van der Waals surface area (Å²) in [5, 5.41) is 7.38. The molecular formula is C24H26N6O. The van der Waals surface area contributed by atoms with Gasteiger partial charge in [-0.15, -0.1) is 0 Å². The van der Waals surface area contributed by atoms with Crippen LogP contribution >= 0.6 is 0 Å². The monoisotopic (exact) mass is 414 g/mol. The molecule has 7 heteroatoms. The number of hydrogen-bond acceptors (Lipinski definition) is 3. The van der Waals surface area contributed by atoms with Crippen LogP contribution in [0.5, 0.6) is 0 Å². The summed E-state index contributed by atoms with van der Waals surface area (Å²) >= 11 is 0. The van der Waals surface area contributed by atoms with Crippen molar-refractivity contribution in [1.29, 1.82) is 0 Å². The van der Waals surface area contributed by atoms with E-state index in [2.05, 4.69) is 28.0 Å². The minimum atomic E-state index is -0.0401. The molecule has 0 radical (unpaired) electrons. The van der Waals surface area contributed by atoms with Crippen molar-refractivity contribution in [1.82, 2.24) is 29.5 Å². The Kier molecular flexibility index (Phi) is 5.16. The van der Waals surface area contributed by atoms with Crippen molar-refractivity contribution >= 4 is 17.1 Å². The molecule has 31 heavy (non-hydrogen) atoms. The molecule has 3 heterocycles. The highest BCUT2D eigenvalue weighted by Gasteiger charge is 2.33. The van der Waals surface area contributed by atoms with Crippen LogP contribution < -0.4 is 5.32 Å². The molecule has 1 N–H and O–H groups in total. The summed E-state index contributed by atoms with van der Waals surface area (Å²) in [6, 6.07) is 18.1. The Bertz CT molecular complexity index is 1200. The first-order chi connectivity index (χ1) is 15.2. The quantitative estimate of drug-likeness (QED) is 0.530. The molecule has 2 amide bonds. The number of aromatic nitrogens is 4. The second-order valence-corrected chi connectivity index (χ2v) is 7.83. The summed E-state index contributed by atoms with van der Waals surface area (Å²) in [5.41, 5.74) is 4.13. The van der Waals surface area contributed by atoms with E-state index in [-0.39, 0.29) is 12.1 Å². The zero-order valence-electron chi connectivity index (χ0n) is 17.6. The van der Waals surface area contributed by atoms with Crippen molar-refractivity contribution in [2.24, 2.45) is 0 Å². The molecule has 7 nitrogen and oxygen atoms in total. The van der Waals surface area contributed by atoms with Crippen molar-refractivity contribution < 1.29 is 4.79 Å². The Balaban J connectivity index is 1.33. The number of amides is 2. The van der Waals surface area contributed by atoms with Gasteiger partial charge in [-0.2, -0.15) is 5.10 Å². The van der Waals surface area contributed by atoms with E-state index in [1.54, 1.807) is 6.20 Å². The normalized spacial score (nSPS) is 16.2. The number of likely N-dealkylation sites (tertiary alicyclic amines) is 1. The van der Waals surface area contributed by atoms with Gasteiger partial charge in [0.05, 0.1) is 22.8 Å². The van der Waals surface area contributed by atoms with Crippen LogP contribution in [0.25, 0.3) is 16.7 Å². The highest BCUT2D eigenvalue weighted by atomic mass is 16.2. The summed E-state index contributed by atoms with van der Waals surface area (Å²) in [6.07, 6.45) is 5.59. The molecule has 1 unspecified atom stereocenters. The molecule has 1 saturated heterocycles. The van der Waals surface area contributed by atoms with E-state index in [4.69, 9.17) is 4.98 Å². The van der Waals surface area contributed by atoms with E-state index in [0.29, 0.717) is 6.54 Å². The number of para-hydroxylation sites is 2. The fourth-order valence-electron chi connectivity index (χ4n) is 4.47. The summed E-state index contributed by atoms with van der Waals surface area (Å²) in [7, 11) is 0. The van der Waals surface area contributed by atoms with Crippen molar-refractivity contribution in [3.63, 3.8) is 0 Å². The molecule has 4 aromatic rings. The molecule has 0 bridgehead atoms. The van der Waals surface area contributed by atoms with Gasteiger partial charge < -0.3 is 14.8 Å². The molecular weight excluding hydrogens is 388 g/mol. The van der Waals surface area contributed by atoms with Crippen molar-refractivity contribution in [2.45, 2.75) is 38.9 Å². The number of nitrogens with zero attached hydrogens (tertiary/aromatic N) is 5. The fraction of sp³-hybridized carbons (Fsp3) is 0.292. The van der Waals surface area contributed by atoms with Crippen molar-refractivity contribution in [3.8, 4) is 5.69 Å². The number of imidazole rings is 1. The lowest BCUT2D eigenvalue weighted by Crippen LogP contribution is -2.39. The lowest BCUT2D eigenvalue weighted by Gasteiger charge is -2.25. The van der Waals surface area contributed by atoms with Crippen molar-refractivity contribution in [3.05, 3.63) is 78.4 Å². The van der Waals surface area contributed by atoms with Gasteiger partial charge in [0.25, 0.3) is 0 Å². The Morgan fingerprint density at radius 3 is 2.90 bits per heavy atom. The predicted octanol–water partition coefficient (Wildman–Crippen LogP) is 4.29. The standard InChI is InChI=1S/C24H26N6O/c1-2-28-21-11-4-3-10-20(21)27-23(28)22-12-6-14-29(22)24(31)25-17-18-8-5-9-19(16-18)30-15-7-13-26-30/h3-5,7-11,13,15-16,22H,2,6,12,14,17H2,1H3,(H,25,31). The Labute approximate surface area is 181 Å². The minimum Gasteiger partial charge on any atom is -0.334 e. The van der Waals surface area contributed by atoms with Crippen LogP contribution in [-0.2, 0) is 13.1 Å². The lowest BCUT2D eigenvalue weighted by molar-refractivity contribution is 0.189. The van der Waals surface area contributed by atoms with Crippen LogP contribution in [0.4, 0.5) is 4.79 Å². The molecule has 1 atom stereocenters. The predicted molar refractivity (Wildman–Crippen MR) is 120 cm³/mol. The van der Waals surface area contributed by atoms with E-state index in [1.165, 1.54) is 0 Å². The average molecular weight is 415 g/mol. The largest absolute Gasteiger partial charge is 0.334 e. The molecule has 1 aliphatic rings. The van der Waals surface area contributed by atoms with Crippen LogP contribution in [0.2, 0.25) is 0 Å². The van der Waals surface area contributed by atoms with Gasteiger partial charge in [-0.1, -0.05) is 24.3 Å². The van der Waals surface area contributed by atoms with Gasteiger partial charge in [-0.3, -0.25) is 0 Å². The number of hydrogen-bond donors (Lipinski definition) is 1. The van der Waals surface area contributed by atoms with Crippen molar-refractivity contribution in [2.75, 3.05) is 6.54 Å². The van der Waals surface area contributed by atoms with E-state index >= 15 is 0 Å². The zero-order chi connectivity index (χ0) is 21.2. The average Bonchev–Trinajstić information content (AvgIpc) is 3.56. The third kappa shape index (κ3) is 3.67. The molecule has 158 valence electrons. The van der Waals surface area contributed by atoms with Crippen LogP contribution in [-0.4, -0.2) is 36.8 Å². The number of nitrogens with one attached hydrogen (secondary N) is 1. The van der Waals surface area contributed by atoms with Gasteiger partial charge in [-0.05, 0) is 55.7 Å². The third-order valence-electron chi connectivity index (χ3n) is 5.94. The zero-order valence-corrected chi connectivity index (χ0v) is 17.6. The first-order valence-electron chi connectivity index (χ1n) is 10.8. The van der Waals surface area contributed by atoms with Gasteiger partial charge in [0.1, 0.15) is 5.82 Å². The van der Waals surface area contributed by atoms with Crippen LogP contribution in [0, 0.1) is 0 Å². The Morgan fingerprint density at radius 1 is 1.16 bits per heavy atom. The van der Waals surface area contributed by atoms with Gasteiger partial charge >= 0.3 is 6.03 Å². The molecule has 0 saturated carbocycles. The molecule has 0 spiro atoms. The van der Waals surface area contributed by atoms with Crippen LogP contribution in [0.1, 0.15) is 37.2 Å². The topological polar surface area (TPSA) is 68.0 Å². The maximum absolute atomic E-state index is 13.1. The number of carbonyl (C=O) groups excluding carboxylic acids is 1. The first kappa shape index (κ1) is 19.4. The number of carbonyl (C=O) groups is 1. The fourth-order valence-corrected chi connectivity index (χ4v) is 4.47. The van der Waals surface area contributed by atoms with E-state index in [9.17, 15) is 4.79 Å². The Morgan fingerprint density at radius 2 is 2.06 bits per heavy atom. The van der Waals surface area contributed by atoms with E-state index in [0.717, 1.165) is 54.0 Å². The molecule has 2 aromatic carbocycles. The maximum atomic E-state index is 13.1. The smallest absolute Gasteiger partial charge is 0.318 e. The number of rotatable bonds is 5. The Hall–Kier alpha value is -3.61. The SMILES string of the molecule is CCn1c(C2CCCN2C(=O)NCc2cccc(-n3cccn3)c2)nc2ccccc21. The van der Waals surface area contributed by atoms with E-state index < -0.39 is 0 Å². The van der Waals surface area contributed by atoms with Crippen LogP contribution in [0.15, 0.2) is 67.0 Å². The van der Waals surface area contributed by atoms with Gasteiger partial charge in [-0.25, -0.2) is 14.5 Å². The second-order valence-electron chi connectivity index (χ2n) is 7.83. The number of urea groups is 1. The number of benzene rings is 2. The van der Waals surface area contributed by atoms with Gasteiger partial charge in [0.15, 0.2) is 0 Å². The summed E-state index contributed by atoms with van der Waals surface area (Å²) < 4.78 is 4.05. The number of fused-ring (bicyclic) bond motifs is 1. The third-order valence-corrected chi connectivity index (χ3v) is 5.94. The maximum Gasteiger partial charge on any atom is 0.318 e.